The van der Waals surface area contributed by atoms with E-state index in [1.54, 1.807) is 47.2 Å². The Kier molecular flexibility index (Phi) is 31.0. The molecule has 8 rings (SSSR count). The lowest BCUT2D eigenvalue weighted by molar-refractivity contribution is -0.121. The third-order valence-electron chi connectivity index (χ3n) is 17.2. The average molecular weight is 1420 g/mol. The number of aromatic nitrogens is 4. The SMILES string of the molecule is CCOc1c(C(=O)CCCN(CCNC(=O)c2ccn(C)c(=O)c2OCc2ccccc2)CCN(CCNC(=O)CCNC(=O)OCc2ccccc2)CCN(CCCC(=O)c2ccn(C)c(=O)c2OCc2ccccc2)CCNC(=O)c2ccn(C)c(=O)c2OCc2ccccc2)ccn(C)c1=O. The number of alkyl carbamates (subject to hydrolysis) is 1. The number of hydrogen-bond donors (Lipinski definition) is 4. The van der Waals surface area contributed by atoms with E-state index in [0.29, 0.717) is 58.7 Å². The van der Waals surface area contributed by atoms with E-state index in [2.05, 4.69) is 36.0 Å². The van der Waals surface area contributed by atoms with Crippen LogP contribution in [0.5, 0.6) is 23.0 Å². The molecule has 0 unspecified atom stereocenters. The number of carbonyl (C=O) groups excluding carboxylic acids is 6. The highest BCUT2D eigenvalue weighted by atomic mass is 16.5. The summed E-state index contributed by atoms with van der Waals surface area (Å²) in [4.78, 5) is 142. The number of rotatable bonds is 43. The van der Waals surface area contributed by atoms with Crippen molar-refractivity contribution in [2.75, 3.05) is 91.7 Å². The highest BCUT2D eigenvalue weighted by Crippen LogP contribution is 2.21. The van der Waals surface area contributed by atoms with Gasteiger partial charge >= 0.3 is 6.09 Å². The molecule has 0 aliphatic rings. The zero-order chi connectivity index (χ0) is 74.2. The standard InChI is InChI=1S/C78H93N11O15/c1-6-100-68-61(32-42-83(2)74(68)95)65(90)29-19-40-87(47-38-80-72(93)63-34-44-85(4)76(97)70(63)102-54-58-23-13-8-14-24-58)49-51-89(46-37-79-67(92)31-36-82-78(99)104-56-60-27-17-10-18-28-60)52-50-88(41-20-30-66(91)62-33-43-84(3)75(96)69(62)101-53-57-21-11-7-12-22-57)48-39-81-73(94)64-35-45-86(5)77(98)71(64)103-55-59-25-15-9-16-26-59/h7-18,21-28,32-35,42-45H,6,19-20,29-31,36-41,46-56H2,1-5H3,(H,79,92)(H,80,93)(H,81,94)(H,82,99). The predicted molar refractivity (Wildman–Crippen MR) is 394 cm³/mol. The summed E-state index contributed by atoms with van der Waals surface area (Å²) in [5.74, 6) is -2.34. The normalized spacial score (nSPS) is 11.1. The summed E-state index contributed by atoms with van der Waals surface area (Å²) in [6.45, 7) is 5.45. The van der Waals surface area contributed by atoms with Crippen LogP contribution in [0, 0.1) is 0 Å². The van der Waals surface area contributed by atoms with E-state index in [1.165, 1.54) is 55.2 Å². The maximum atomic E-state index is 14.2. The van der Waals surface area contributed by atoms with Crippen LogP contribution in [0.2, 0.25) is 0 Å². The van der Waals surface area contributed by atoms with Crippen molar-refractivity contribution in [2.24, 2.45) is 28.2 Å². The Hall–Kier alpha value is -11.2. The van der Waals surface area contributed by atoms with Gasteiger partial charge in [-0.1, -0.05) is 121 Å². The maximum absolute atomic E-state index is 14.2. The van der Waals surface area contributed by atoms with E-state index >= 15 is 0 Å². The summed E-state index contributed by atoms with van der Waals surface area (Å²) in [6.07, 6.45) is 6.02. The Balaban J connectivity index is 1.02. The fraction of sp³-hybridized carbons (Fsp3) is 0.359. The number of Topliss-reactive ketones (excluding diaryl/α,β-unsaturated/α-hetero) is 2. The monoisotopic (exact) mass is 1420 g/mol. The third-order valence-corrected chi connectivity index (χ3v) is 17.2. The molecule has 4 aromatic carbocycles. The van der Waals surface area contributed by atoms with Gasteiger partial charge in [-0.05, 0) is 79.4 Å². The minimum atomic E-state index is -0.675. The van der Waals surface area contributed by atoms with Crippen molar-refractivity contribution in [3.63, 3.8) is 0 Å². The second kappa shape index (κ2) is 41.0. The van der Waals surface area contributed by atoms with Gasteiger partial charge in [0.15, 0.2) is 34.6 Å². The molecule has 4 aromatic heterocycles. The minimum absolute atomic E-state index is 0.00784. The molecule has 8 aromatic rings. The number of benzene rings is 4. The molecule has 0 spiro atoms. The molecule has 0 saturated carbocycles. The number of carbonyl (C=O) groups is 6. The molecule has 4 amide bonds. The van der Waals surface area contributed by atoms with Crippen molar-refractivity contribution >= 4 is 35.4 Å². The number of ether oxygens (including phenoxy) is 5. The van der Waals surface area contributed by atoms with Crippen molar-refractivity contribution < 1.29 is 52.5 Å². The van der Waals surface area contributed by atoms with E-state index in [4.69, 9.17) is 23.7 Å². The Morgan fingerprint density at radius 1 is 0.346 bits per heavy atom. The molecule has 4 N–H and O–H groups in total. The average Bonchev–Trinajstić information content (AvgIpc) is 0.836. The van der Waals surface area contributed by atoms with Gasteiger partial charge < -0.3 is 73.0 Å². The molecule has 0 radical (unpaired) electrons. The number of amides is 4. The molecule has 0 bridgehead atoms. The number of nitrogens with one attached hydrogen (secondary N) is 4. The molecule has 550 valence electrons. The molecule has 26 heteroatoms. The summed E-state index contributed by atoms with van der Waals surface area (Å²) >= 11 is 0. The van der Waals surface area contributed by atoms with Crippen LogP contribution in [0.3, 0.4) is 0 Å². The largest absolute Gasteiger partial charge is 0.488 e. The zero-order valence-electron chi connectivity index (χ0n) is 59.7. The highest BCUT2D eigenvalue weighted by Gasteiger charge is 2.24. The topological polar surface area (TPSA) is 294 Å². The van der Waals surface area contributed by atoms with E-state index in [1.807, 2.05) is 121 Å². The van der Waals surface area contributed by atoms with Crippen LogP contribution < -0.4 is 62.5 Å². The molecule has 0 fully saturated rings. The van der Waals surface area contributed by atoms with Gasteiger partial charge in [0, 0.05) is 144 Å². The van der Waals surface area contributed by atoms with Gasteiger partial charge in [-0.2, -0.15) is 0 Å². The van der Waals surface area contributed by atoms with Crippen LogP contribution in [0.1, 0.15) is 103 Å². The fourth-order valence-corrected chi connectivity index (χ4v) is 11.2. The van der Waals surface area contributed by atoms with Crippen LogP contribution >= 0.6 is 0 Å². The lowest BCUT2D eigenvalue weighted by Crippen LogP contribution is -2.45. The quantitative estimate of drug-likeness (QED) is 0.0299. The number of ketones is 2. The first-order valence-electron chi connectivity index (χ1n) is 34.8. The first kappa shape index (κ1) is 78.5. The molecular formula is C78H93N11O15. The Bertz CT molecular complexity index is 4270. The van der Waals surface area contributed by atoms with E-state index in [0.717, 1.165) is 22.3 Å². The van der Waals surface area contributed by atoms with E-state index in [-0.39, 0.29) is 154 Å². The first-order chi connectivity index (χ1) is 50.4. The highest BCUT2D eigenvalue weighted by molar-refractivity contribution is 5.99. The van der Waals surface area contributed by atoms with Crippen LogP contribution in [-0.4, -0.2) is 160 Å². The van der Waals surface area contributed by atoms with Crippen molar-refractivity contribution in [1.29, 1.82) is 0 Å². The predicted octanol–water partition coefficient (Wildman–Crippen LogP) is 6.44. The number of hydrogen-bond acceptors (Lipinski definition) is 18. The van der Waals surface area contributed by atoms with Gasteiger partial charge in [0.2, 0.25) is 5.91 Å². The molecular weight excluding hydrogens is 1330 g/mol. The van der Waals surface area contributed by atoms with Crippen molar-refractivity contribution in [1.82, 2.24) is 54.2 Å². The zero-order valence-corrected chi connectivity index (χ0v) is 59.7. The Labute approximate surface area is 604 Å². The van der Waals surface area contributed by atoms with Crippen LogP contribution in [-0.2, 0) is 64.1 Å². The molecule has 4 heterocycles. The van der Waals surface area contributed by atoms with Gasteiger partial charge in [0.25, 0.3) is 34.1 Å². The first-order valence-corrected chi connectivity index (χ1v) is 34.8. The van der Waals surface area contributed by atoms with Crippen molar-refractivity contribution in [3.8, 4) is 23.0 Å². The lowest BCUT2D eigenvalue weighted by atomic mass is 10.1. The second-order valence-corrected chi connectivity index (χ2v) is 24.8. The summed E-state index contributed by atoms with van der Waals surface area (Å²) in [6, 6.07) is 43.2. The molecule has 26 nitrogen and oxygen atoms in total. The molecule has 0 atom stereocenters. The van der Waals surface area contributed by atoms with Gasteiger partial charge in [-0.3, -0.25) is 48.1 Å². The number of nitrogens with zero attached hydrogens (tertiary/aromatic N) is 7. The third kappa shape index (κ3) is 24.2. The van der Waals surface area contributed by atoms with E-state index < -0.39 is 40.1 Å². The Morgan fingerprint density at radius 2 is 0.663 bits per heavy atom. The Morgan fingerprint density at radius 3 is 1.03 bits per heavy atom. The summed E-state index contributed by atoms with van der Waals surface area (Å²) in [5, 5.41) is 11.6. The summed E-state index contributed by atoms with van der Waals surface area (Å²) in [7, 11) is 6.29. The fourth-order valence-electron chi connectivity index (χ4n) is 11.2. The van der Waals surface area contributed by atoms with Crippen molar-refractivity contribution in [2.45, 2.75) is 65.5 Å². The molecule has 0 aliphatic carbocycles. The van der Waals surface area contributed by atoms with Gasteiger partial charge in [-0.25, -0.2) is 4.79 Å². The number of aryl methyl sites for hydroxylation is 4. The summed E-state index contributed by atoms with van der Waals surface area (Å²) in [5.41, 5.74) is 1.72. The summed E-state index contributed by atoms with van der Waals surface area (Å²) < 4.78 is 34.5. The van der Waals surface area contributed by atoms with Crippen LogP contribution in [0.4, 0.5) is 4.79 Å². The van der Waals surface area contributed by atoms with Crippen LogP contribution in [0.15, 0.2) is 190 Å². The molecule has 104 heavy (non-hydrogen) atoms. The molecule has 0 saturated heterocycles. The van der Waals surface area contributed by atoms with Gasteiger partial charge in [-0.15, -0.1) is 0 Å². The smallest absolute Gasteiger partial charge is 0.407 e. The van der Waals surface area contributed by atoms with Crippen LogP contribution in [0.25, 0.3) is 0 Å². The maximum Gasteiger partial charge on any atom is 0.407 e. The minimum Gasteiger partial charge on any atom is -0.488 e. The van der Waals surface area contributed by atoms with Crippen molar-refractivity contribution in [3.05, 3.63) is 256 Å². The van der Waals surface area contributed by atoms with Gasteiger partial charge in [0.1, 0.15) is 26.4 Å². The van der Waals surface area contributed by atoms with E-state index in [9.17, 15) is 47.9 Å². The molecule has 0 aliphatic heterocycles. The number of pyridine rings is 4. The van der Waals surface area contributed by atoms with Gasteiger partial charge in [0.05, 0.1) is 28.9 Å². The second-order valence-electron chi connectivity index (χ2n) is 24.8. The lowest BCUT2D eigenvalue weighted by Gasteiger charge is -2.30.